The molecule has 2 aromatic rings. The van der Waals surface area contributed by atoms with Gasteiger partial charge in [0.15, 0.2) is 5.82 Å². The van der Waals surface area contributed by atoms with Crippen LogP contribution in [0.25, 0.3) is 0 Å². The van der Waals surface area contributed by atoms with Crippen molar-refractivity contribution in [2.24, 2.45) is 0 Å². The number of aryl methyl sites for hydroxylation is 2. The van der Waals surface area contributed by atoms with E-state index >= 15 is 0 Å². The minimum Gasteiger partial charge on any atom is -0.339 e. The smallest absolute Gasteiger partial charge is 0.317 e. The van der Waals surface area contributed by atoms with Crippen molar-refractivity contribution in [1.29, 1.82) is 0 Å². The summed E-state index contributed by atoms with van der Waals surface area (Å²) >= 11 is 0. The lowest BCUT2D eigenvalue weighted by atomic mass is 10.1. The highest BCUT2D eigenvalue weighted by Crippen LogP contribution is 2.14. The molecule has 1 aromatic heterocycles. The fourth-order valence-electron chi connectivity index (χ4n) is 3.17. The first-order chi connectivity index (χ1) is 14.3. The molecule has 1 N–H and O–H groups in total. The zero-order valence-electron chi connectivity index (χ0n) is 17.7. The number of carbonyl (C=O) groups excluding carboxylic acids is 2. The molecule has 0 unspecified atom stereocenters. The first kappa shape index (κ1) is 21.7. The van der Waals surface area contributed by atoms with Crippen molar-refractivity contribution in [3.63, 3.8) is 0 Å². The van der Waals surface area contributed by atoms with Crippen molar-refractivity contribution in [2.45, 2.75) is 39.5 Å². The van der Waals surface area contributed by atoms with E-state index in [-0.39, 0.29) is 23.7 Å². The third-order valence-corrected chi connectivity index (χ3v) is 5.12. The van der Waals surface area contributed by atoms with E-state index < -0.39 is 0 Å². The number of piperazine rings is 1. The largest absolute Gasteiger partial charge is 0.339 e. The van der Waals surface area contributed by atoms with Gasteiger partial charge in [0.25, 0.3) is 5.91 Å². The Morgan fingerprint density at radius 1 is 1.20 bits per heavy atom. The van der Waals surface area contributed by atoms with Crippen LogP contribution in [0, 0.1) is 12.7 Å². The van der Waals surface area contributed by atoms with Gasteiger partial charge < -0.3 is 19.6 Å². The van der Waals surface area contributed by atoms with E-state index in [9.17, 15) is 14.0 Å². The monoisotopic (exact) mass is 417 g/mol. The Labute approximate surface area is 175 Å². The van der Waals surface area contributed by atoms with E-state index in [4.69, 9.17) is 4.52 Å². The topological polar surface area (TPSA) is 91.6 Å². The molecule has 9 heteroatoms. The molecule has 1 aliphatic heterocycles. The van der Waals surface area contributed by atoms with Gasteiger partial charge in [-0.3, -0.25) is 4.79 Å². The molecule has 1 fully saturated rings. The number of urea groups is 1. The molecule has 0 aliphatic carbocycles. The molecule has 3 rings (SSSR count). The molecule has 0 saturated carbocycles. The molecule has 1 aliphatic rings. The van der Waals surface area contributed by atoms with E-state index in [1.807, 2.05) is 13.8 Å². The Morgan fingerprint density at radius 2 is 1.90 bits per heavy atom. The van der Waals surface area contributed by atoms with Gasteiger partial charge in [-0.1, -0.05) is 25.1 Å². The molecule has 30 heavy (non-hydrogen) atoms. The number of nitrogens with zero attached hydrogens (tertiary/aromatic N) is 4. The van der Waals surface area contributed by atoms with Crippen LogP contribution in [0.3, 0.4) is 0 Å². The number of benzene rings is 1. The van der Waals surface area contributed by atoms with E-state index in [0.29, 0.717) is 68.4 Å². The summed E-state index contributed by atoms with van der Waals surface area (Å²) in [4.78, 5) is 32.5. The maximum Gasteiger partial charge on any atom is 0.317 e. The van der Waals surface area contributed by atoms with Crippen molar-refractivity contribution in [1.82, 2.24) is 25.3 Å². The number of hydrogen-bond acceptors (Lipinski definition) is 5. The summed E-state index contributed by atoms with van der Waals surface area (Å²) in [5.74, 6) is 0.884. The van der Waals surface area contributed by atoms with Gasteiger partial charge in [-0.2, -0.15) is 4.98 Å². The number of rotatable bonds is 6. The second-order valence-corrected chi connectivity index (χ2v) is 7.78. The highest BCUT2D eigenvalue weighted by molar-refractivity contribution is 5.94. The number of halogens is 1. The summed E-state index contributed by atoms with van der Waals surface area (Å²) in [6, 6.07) is 4.35. The highest BCUT2D eigenvalue weighted by Gasteiger charge is 2.25. The first-order valence-electron chi connectivity index (χ1n) is 10.3. The van der Waals surface area contributed by atoms with E-state index in [2.05, 4.69) is 15.5 Å². The standard InChI is InChI=1S/C21H28FN5O3/c1-14(2)19-24-18(30-25-19)5-4-8-23-21(29)27-11-9-26(10-12-27)20(28)16-7-6-15(3)17(22)13-16/h6-7,13-14H,4-5,8-12H2,1-3H3,(H,23,29). The minimum absolute atomic E-state index is 0.156. The summed E-state index contributed by atoms with van der Waals surface area (Å²) in [5, 5.41) is 6.81. The molecular weight excluding hydrogens is 389 g/mol. The average Bonchev–Trinajstić information content (AvgIpc) is 3.22. The molecule has 8 nitrogen and oxygen atoms in total. The summed E-state index contributed by atoms with van der Waals surface area (Å²) < 4.78 is 18.9. The van der Waals surface area contributed by atoms with Gasteiger partial charge in [-0.05, 0) is 31.0 Å². The Kier molecular flexibility index (Phi) is 7.02. The molecule has 162 valence electrons. The molecule has 0 bridgehead atoms. The normalized spacial score (nSPS) is 14.3. The van der Waals surface area contributed by atoms with Gasteiger partial charge in [-0.15, -0.1) is 0 Å². The number of carbonyl (C=O) groups is 2. The zero-order chi connectivity index (χ0) is 21.7. The Bertz CT molecular complexity index is 891. The quantitative estimate of drug-likeness (QED) is 0.730. The van der Waals surface area contributed by atoms with E-state index in [0.717, 1.165) is 0 Å². The van der Waals surface area contributed by atoms with Crippen molar-refractivity contribution < 1.29 is 18.5 Å². The Morgan fingerprint density at radius 3 is 2.53 bits per heavy atom. The Balaban J connectivity index is 1.39. The molecule has 1 aromatic carbocycles. The van der Waals surface area contributed by atoms with Crippen LogP contribution in [-0.4, -0.2) is 64.6 Å². The lowest BCUT2D eigenvalue weighted by Gasteiger charge is -2.34. The predicted molar refractivity (Wildman–Crippen MR) is 109 cm³/mol. The van der Waals surface area contributed by atoms with Crippen LogP contribution in [-0.2, 0) is 6.42 Å². The van der Waals surface area contributed by atoms with Crippen LogP contribution < -0.4 is 5.32 Å². The van der Waals surface area contributed by atoms with Gasteiger partial charge in [0, 0.05) is 50.6 Å². The van der Waals surface area contributed by atoms with Crippen LogP contribution >= 0.6 is 0 Å². The number of hydrogen-bond donors (Lipinski definition) is 1. The third kappa shape index (κ3) is 5.34. The van der Waals surface area contributed by atoms with Crippen molar-refractivity contribution in [2.75, 3.05) is 32.7 Å². The van der Waals surface area contributed by atoms with Gasteiger partial charge in [0.05, 0.1) is 0 Å². The summed E-state index contributed by atoms with van der Waals surface area (Å²) in [6.07, 6.45) is 1.30. The molecule has 1 saturated heterocycles. The molecule has 2 heterocycles. The van der Waals surface area contributed by atoms with Gasteiger partial charge in [-0.25, -0.2) is 9.18 Å². The predicted octanol–water partition coefficient (Wildman–Crippen LogP) is 2.74. The lowest BCUT2D eigenvalue weighted by molar-refractivity contribution is 0.0664. The van der Waals surface area contributed by atoms with Crippen molar-refractivity contribution in [3.05, 3.63) is 46.9 Å². The van der Waals surface area contributed by atoms with Crippen molar-refractivity contribution in [3.8, 4) is 0 Å². The zero-order valence-corrected chi connectivity index (χ0v) is 17.7. The number of nitrogens with one attached hydrogen (secondary N) is 1. The van der Waals surface area contributed by atoms with Gasteiger partial charge >= 0.3 is 6.03 Å². The molecule has 0 atom stereocenters. The van der Waals surface area contributed by atoms with E-state index in [1.165, 1.54) is 6.07 Å². The van der Waals surface area contributed by atoms with Crippen LogP contribution in [0.15, 0.2) is 22.7 Å². The summed E-state index contributed by atoms with van der Waals surface area (Å²) in [7, 11) is 0. The highest BCUT2D eigenvalue weighted by atomic mass is 19.1. The summed E-state index contributed by atoms with van der Waals surface area (Å²) in [5.41, 5.74) is 0.838. The molecule has 0 radical (unpaired) electrons. The molecule has 0 spiro atoms. The number of aromatic nitrogens is 2. The average molecular weight is 417 g/mol. The Hall–Kier alpha value is -2.97. The third-order valence-electron chi connectivity index (χ3n) is 5.12. The fourth-order valence-corrected chi connectivity index (χ4v) is 3.17. The van der Waals surface area contributed by atoms with Crippen LogP contribution in [0.2, 0.25) is 0 Å². The lowest BCUT2D eigenvalue weighted by Crippen LogP contribution is -2.53. The molecule has 3 amide bonds. The maximum atomic E-state index is 13.7. The van der Waals surface area contributed by atoms with Crippen molar-refractivity contribution >= 4 is 11.9 Å². The van der Waals surface area contributed by atoms with Crippen LogP contribution in [0.4, 0.5) is 9.18 Å². The van der Waals surface area contributed by atoms with Gasteiger partial charge in [0.2, 0.25) is 5.89 Å². The SMILES string of the molecule is Cc1ccc(C(=O)N2CCN(C(=O)NCCCc3nc(C(C)C)no3)CC2)cc1F. The first-order valence-corrected chi connectivity index (χ1v) is 10.3. The van der Waals surface area contributed by atoms with E-state index in [1.54, 1.807) is 28.9 Å². The van der Waals surface area contributed by atoms with Crippen LogP contribution in [0.5, 0.6) is 0 Å². The minimum atomic E-state index is -0.389. The number of amides is 3. The second-order valence-electron chi connectivity index (χ2n) is 7.78. The maximum absolute atomic E-state index is 13.7. The second kappa shape index (κ2) is 9.69. The fraction of sp³-hybridized carbons (Fsp3) is 0.524. The molecular formula is C21H28FN5O3. The van der Waals surface area contributed by atoms with Gasteiger partial charge in [0.1, 0.15) is 5.82 Å². The summed E-state index contributed by atoms with van der Waals surface area (Å²) in [6.45, 7) is 7.87. The van der Waals surface area contributed by atoms with Crippen LogP contribution in [0.1, 0.15) is 53.8 Å².